The summed E-state index contributed by atoms with van der Waals surface area (Å²) in [6.45, 7) is 2.43. The van der Waals surface area contributed by atoms with Gasteiger partial charge in [-0.2, -0.15) is 0 Å². The lowest BCUT2D eigenvalue weighted by Gasteiger charge is -2.15. The number of nitrogens with two attached hydrogens (primary N) is 1. The molecular weight excluding hydrogens is 361 g/mol. The minimum Gasteiger partial charge on any atom is -0.364 e. The van der Waals surface area contributed by atoms with Crippen LogP contribution >= 0.6 is 24.8 Å². The van der Waals surface area contributed by atoms with Gasteiger partial charge in [-0.1, -0.05) is 12.1 Å². The number of hydrogen-bond donors (Lipinski definition) is 2. The molecule has 0 bridgehead atoms. The molecule has 1 aromatic heterocycles. The Morgan fingerprint density at radius 2 is 1.92 bits per heavy atom. The third-order valence-corrected chi connectivity index (χ3v) is 4.17. The van der Waals surface area contributed by atoms with Crippen LogP contribution in [0, 0.1) is 6.92 Å². The highest BCUT2D eigenvalue weighted by Gasteiger charge is 2.30. The fraction of sp³-hybridized carbons (Fsp3) is 0.333. The van der Waals surface area contributed by atoms with Gasteiger partial charge < -0.3 is 15.8 Å². The number of halogens is 2. The Morgan fingerprint density at radius 1 is 1.20 bits per heavy atom. The van der Waals surface area contributed by atoms with E-state index in [-0.39, 0.29) is 36.8 Å². The van der Waals surface area contributed by atoms with Crippen molar-refractivity contribution in [3.05, 3.63) is 48.3 Å². The number of aryl methyl sites for hydroxylation is 1. The topological polar surface area (TPSA) is 77.2 Å². The smallest absolute Gasteiger partial charge is 0.253 e. The molecule has 1 fully saturated rings. The molecule has 0 unspecified atom stereocenters. The fourth-order valence-corrected chi connectivity index (χ4v) is 2.77. The second-order valence-corrected chi connectivity index (χ2v) is 5.81. The van der Waals surface area contributed by atoms with Crippen LogP contribution in [0.1, 0.15) is 18.4 Å². The lowest BCUT2D eigenvalue weighted by Crippen LogP contribution is -2.30. The summed E-state index contributed by atoms with van der Waals surface area (Å²) >= 11 is 0. The molecule has 1 aliphatic heterocycles. The van der Waals surface area contributed by atoms with E-state index in [0.29, 0.717) is 6.54 Å². The van der Waals surface area contributed by atoms with Crippen molar-refractivity contribution in [1.29, 1.82) is 0 Å². The predicted octanol–water partition coefficient (Wildman–Crippen LogP) is 3.35. The van der Waals surface area contributed by atoms with Gasteiger partial charge >= 0.3 is 0 Å². The van der Waals surface area contributed by atoms with E-state index < -0.39 is 6.10 Å². The SMILES string of the molecule is Cc1ccc(-c2ccncc2)cc1NC(=O)[C@@H]1CC[C@H](CN)O1.Cl.Cl. The zero-order valence-electron chi connectivity index (χ0n) is 14.0. The van der Waals surface area contributed by atoms with Gasteiger partial charge in [-0.05, 0) is 54.7 Å². The Kier molecular flexibility index (Phi) is 8.32. The molecule has 136 valence electrons. The van der Waals surface area contributed by atoms with E-state index in [4.69, 9.17) is 10.5 Å². The molecule has 25 heavy (non-hydrogen) atoms. The molecule has 1 aliphatic rings. The quantitative estimate of drug-likeness (QED) is 0.848. The van der Waals surface area contributed by atoms with Gasteiger partial charge in [0.05, 0.1) is 6.10 Å². The molecule has 0 radical (unpaired) electrons. The summed E-state index contributed by atoms with van der Waals surface area (Å²) in [5.74, 6) is -0.101. The van der Waals surface area contributed by atoms with Crippen molar-refractivity contribution in [2.24, 2.45) is 5.73 Å². The minimum absolute atomic E-state index is 0. The summed E-state index contributed by atoms with van der Waals surface area (Å²) in [5.41, 5.74) is 9.53. The number of pyridine rings is 1. The zero-order chi connectivity index (χ0) is 16.2. The minimum atomic E-state index is -0.410. The second kappa shape index (κ2) is 9.73. The van der Waals surface area contributed by atoms with Gasteiger partial charge in [-0.25, -0.2) is 0 Å². The Bertz CT molecular complexity index is 698. The number of hydrogen-bond acceptors (Lipinski definition) is 4. The molecular formula is C18H23Cl2N3O2. The highest BCUT2D eigenvalue weighted by Crippen LogP contribution is 2.26. The van der Waals surface area contributed by atoms with Gasteiger partial charge in [0.2, 0.25) is 0 Å². The maximum absolute atomic E-state index is 12.4. The van der Waals surface area contributed by atoms with Gasteiger partial charge in [0, 0.05) is 24.6 Å². The average Bonchev–Trinajstić information content (AvgIpc) is 3.07. The fourth-order valence-electron chi connectivity index (χ4n) is 2.77. The second-order valence-electron chi connectivity index (χ2n) is 5.81. The maximum atomic E-state index is 12.4. The van der Waals surface area contributed by atoms with E-state index in [1.807, 2.05) is 37.3 Å². The maximum Gasteiger partial charge on any atom is 0.253 e. The van der Waals surface area contributed by atoms with E-state index in [0.717, 1.165) is 35.2 Å². The van der Waals surface area contributed by atoms with E-state index >= 15 is 0 Å². The first-order valence-electron chi connectivity index (χ1n) is 7.85. The number of nitrogens with one attached hydrogen (secondary N) is 1. The van der Waals surface area contributed by atoms with Crippen LogP contribution in [0.5, 0.6) is 0 Å². The van der Waals surface area contributed by atoms with E-state index in [2.05, 4.69) is 10.3 Å². The third-order valence-electron chi connectivity index (χ3n) is 4.17. The van der Waals surface area contributed by atoms with Crippen LogP contribution in [-0.4, -0.2) is 29.6 Å². The number of carbonyl (C=O) groups is 1. The zero-order valence-corrected chi connectivity index (χ0v) is 15.6. The number of carbonyl (C=O) groups excluding carboxylic acids is 1. The molecule has 1 saturated heterocycles. The van der Waals surface area contributed by atoms with Crippen molar-refractivity contribution in [2.75, 3.05) is 11.9 Å². The molecule has 1 aromatic carbocycles. The summed E-state index contributed by atoms with van der Waals surface area (Å²) in [6.07, 6.45) is 4.66. The average molecular weight is 384 g/mol. The van der Waals surface area contributed by atoms with E-state index in [1.54, 1.807) is 12.4 Å². The normalized spacial score (nSPS) is 18.8. The molecule has 0 saturated carbocycles. The summed E-state index contributed by atoms with van der Waals surface area (Å²) in [4.78, 5) is 16.4. The van der Waals surface area contributed by atoms with Crippen LogP contribution < -0.4 is 11.1 Å². The first kappa shape index (κ1) is 21.4. The van der Waals surface area contributed by atoms with Crippen LogP contribution in [-0.2, 0) is 9.53 Å². The number of nitrogens with zero attached hydrogens (tertiary/aromatic N) is 1. The molecule has 2 atom stereocenters. The van der Waals surface area contributed by atoms with Crippen molar-refractivity contribution >= 4 is 36.4 Å². The van der Waals surface area contributed by atoms with Gasteiger partial charge in [-0.3, -0.25) is 9.78 Å². The molecule has 1 amide bonds. The Morgan fingerprint density at radius 3 is 2.56 bits per heavy atom. The molecule has 0 spiro atoms. The number of anilines is 1. The van der Waals surface area contributed by atoms with Crippen molar-refractivity contribution in [2.45, 2.75) is 32.0 Å². The monoisotopic (exact) mass is 383 g/mol. The largest absolute Gasteiger partial charge is 0.364 e. The lowest BCUT2D eigenvalue weighted by atomic mass is 10.0. The van der Waals surface area contributed by atoms with Crippen LogP contribution in [0.4, 0.5) is 5.69 Å². The van der Waals surface area contributed by atoms with Gasteiger partial charge in [0.25, 0.3) is 5.91 Å². The molecule has 2 aromatic rings. The Hall–Kier alpha value is -1.66. The Balaban J connectivity index is 0.00000156. The summed E-state index contributed by atoms with van der Waals surface area (Å²) in [7, 11) is 0. The molecule has 7 heteroatoms. The van der Waals surface area contributed by atoms with Gasteiger partial charge in [0.15, 0.2) is 0 Å². The van der Waals surface area contributed by atoms with Crippen molar-refractivity contribution in [3.8, 4) is 11.1 Å². The molecule has 5 nitrogen and oxygen atoms in total. The standard InChI is InChI=1S/C18H21N3O2.2ClH/c1-12-2-3-14(13-6-8-20-9-7-13)10-16(12)21-18(22)17-5-4-15(11-19)23-17;;/h2-3,6-10,15,17H,4-5,11,19H2,1H3,(H,21,22);2*1H/t15-,17+;;/m1../s1. The third kappa shape index (κ3) is 5.16. The highest BCUT2D eigenvalue weighted by atomic mass is 35.5. The van der Waals surface area contributed by atoms with Crippen molar-refractivity contribution in [1.82, 2.24) is 4.98 Å². The van der Waals surface area contributed by atoms with Gasteiger partial charge in [-0.15, -0.1) is 24.8 Å². The summed E-state index contributed by atoms with van der Waals surface area (Å²) < 4.78 is 5.65. The molecule has 2 heterocycles. The number of rotatable bonds is 4. The van der Waals surface area contributed by atoms with Gasteiger partial charge in [0.1, 0.15) is 6.10 Å². The Labute approximate surface area is 160 Å². The van der Waals surface area contributed by atoms with Crippen LogP contribution in [0.2, 0.25) is 0 Å². The van der Waals surface area contributed by atoms with E-state index in [1.165, 1.54) is 0 Å². The number of amides is 1. The first-order chi connectivity index (χ1) is 11.2. The van der Waals surface area contributed by atoms with E-state index in [9.17, 15) is 4.79 Å². The van der Waals surface area contributed by atoms with Crippen LogP contribution in [0.15, 0.2) is 42.7 Å². The lowest BCUT2D eigenvalue weighted by molar-refractivity contribution is -0.126. The van der Waals surface area contributed by atoms with Crippen LogP contribution in [0.3, 0.4) is 0 Å². The number of ether oxygens (including phenoxy) is 1. The number of benzene rings is 1. The summed E-state index contributed by atoms with van der Waals surface area (Å²) in [5, 5.41) is 2.99. The first-order valence-corrected chi connectivity index (χ1v) is 7.85. The molecule has 0 aliphatic carbocycles. The van der Waals surface area contributed by atoms with Crippen molar-refractivity contribution < 1.29 is 9.53 Å². The molecule has 3 rings (SSSR count). The highest BCUT2D eigenvalue weighted by molar-refractivity contribution is 5.95. The van der Waals surface area contributed by atoms with Crippen LogP contribution in [0.25, 0.3) is 11.1 Å². The molecule has 3 N–H and O–H groups in total. The van der Waals surface area contributed by atoms with Crippen molar-refractivity contribution in [3.63, 3.8) is 0 Å². The number of aromatic nitrogens is 1. The predicted molar refractivity (Wildman–Crippen MR) is 104 cm³/mol. The summed E-state index contributed by atoms with van der Waals surface area (Å²) in [6, 6.07) is 9.92.